The van der Waals surface area contributed by atoms with Gasteiger partial charge in [-0.1, -0.05) is 6.58 Å². The molecule has 1 aromatic carbocycles. The van der Waals surface area contributed by atoms with Crippen molar-refractivity contribution < 1.29 is 14.3 Å². The molecule has 13 heteroatoms. The number of carbonyl (C=O) groups is 2. The van der Waals surface area contributed by atoms with Gasteiger partial charge in [0.2, 0.25) is 5.91 Å². The standard InChI is InChI=1S/C39H44N8O4S/c1-5-34(48)42-30-18-25(10-11-32(30)46-17-16-45(19-23(46)2)26-21-51-22-26)41-36-39(50)44(4)20-31(43-36)27-12-14-40-37(24(27)3)47-15-13-29-28-8-6-7-9-33(28)52-35(29)38(47)49/h5,10-12,14,18,20,23,26H,1,6-9,13,15-17,19,21-22H2,2-4H3,(H,41,43)(H,42,48)/t23-/m0/s1. The summed E-state index contributed by atoms with van der Waals surface area (Å²) in [5, 5.41) is 6.21. The van der Waals surface area contributed by atoms with E-state index in [1.807, 2.05) is 31.2 Å². The second kappa shape index (κ2) is 13.9. The van der Waals surface area contributed by atoms with Crippen molar-refractivity contribution in [1.29, 1.82) is 0 Å². The molecule has 1 atom stereocenters. The topological polar surface area (TPSA) is 125 Å². The maximum atomic E-state index is 13.9. The van der Waals surface area contributed by atoms with Crippen molar-refractivity contribution >= 4 is 51.8 Å². The molecule has 1 aliphatic carbocycles. The van der Waals surface area contributed by atoms with Gasteiger partial charge in [0, 0.05) is 73.4 Å². The highest BCUT2D eigenvalue weighted by Crippen LogP contribution is 2.40. The van der Waals surface area contributed by atoms with Gasteiger partial charge in [0.1, 0.15) is 5.82 Å². The minimum absolute atomic E-state index is 0.0104. The highest BCUT2D eigenvalue weighted by molar-refractivity contribution is 7.14. The largest absolute Gasteiger partial charge is 0.378 e. The van der Waals surface area contributed by atoms with Gasteiger partial charge in [-0.3, -0.25) is 24.2 Å². The molecule has 8 rings (SSSR count). The predicted molar refractivity (Wildman–Crippen MR) is 205 cm³/mol. The second-order valence-corrected chi connectivity index (χ2v) is 15.3. The number of hydrogen-bond donors (Lipinski definition) is 2. The molecule has 3 aromatic heterocycles. The third kappa shape index (κ3) is 6.20. The van der Waals surface area contributed by atoms with E-state index in [4.69, 9.17) is 9.72 Å². The van der Waals surface area contributed by atoms with Crippen LogP contribution in [0.2, 0.25) is 0 Å². The number of piperazine rings is 1. The number of aryl methyl sites for hydroxylation is 2. The molecule has 0 unspecified atom stereocenters. The smallest absolute Gasteiger partial charge is 0.293 e. The van der Waals surface area contributed by atoms with Crippen LogP contribution in [0, 0.1) is 6.92 Å². The van der Waals surface area contributed by atoms with Crippen LogP contribution < -0.4 is 26.0 Å². The van der Waals surface area contributed by atoms with E-state index in [-0.39, 0.29) is 29.2 Å². The number of amides is 2. The summed E-state index contributed by atoms with van der Waals surface area (Å²) >= 11 is 1.66. The summed E-state index contributed by atoms with van der Waals surface area (Å²) < 4.78 is 6.92. The third-order valence-corrected chi connectivity index (χ3v) is 12.2. The highest BCUT2D eigenvalue weighted by atomic mass is 32.1. The number of rotatable bonds is 8. The van der Waals surface area contributed by atoms with Gasteiger partial charge >= 0.3 is 0 Å². The van der Waals surface area contributed by atoms with Gasteiger partial charge in [0.15, 0.2) is 5.82 Å². The van der Waals surface area contributed by atoms with Gasteiger partial charge in [-0.2, -0.15) is 0 Å². The van der Waals surface area contributed by atoms with Crippen molar-refractivity contribution in [2.24, 2.45) is 7.05 Å². The molecule has 12 nitrogen and oxygen atoms in total. The Balaban J connectivity index is 1.07. The van der Waals surface area contributed by atoms with Crippen LogP contribution in [-0.2, 0) is 35.8 Å². The van der Waals surface area contributed by atoms with E-state index in [2.05, 4.69) is 38.9 Å². The van der Waals surface area contributed by atoms with Gasteiger partial charge in [0.05, 0.1) is 41.2 Å². The maximum absolute atomic E-state index is 13.9. The van der Waals surface area contributed by atoms with Crippen molar-refractivity contribution in [2.75, 3.05) is 59.8 Å². The second-order valence-electron chi connectivity index (χ2n) is 14.2. The van der Waals surface area contributed by atoms with Crippen LogP contribution in [0.15, 0.2) is 54.1 Å². The summed E-state index contributed by atoms with van der Waals surface area (Å²) in [5.41, 5.74) is 6.62. The molecule has 2 N–H and O–H groups in total. The fraction of sp³-hybridized carbons (Fsp3) is 0.410. The average Bonchev–Trinajstić information content (AvgIpc) is 3.50. The number of aromatic nitrogens is 3. The van der Waals surface area contributed by atoms with E-state index in [9.17, 15) is 14.4 Å². The molecule has 0 saturated carbocycles. The molecule has 2 saturated heterocycles. The molecule has 2 amide bonds. The van der Waals surface area contributed by atoms with E-state index < -0.39 is 0 Å². The van der Waals surface area contributed by atoms with Gasteiger partial charge < -0.3 is 24.8 Å². The quantitative estimate of drug-likeness (QED) is 0.240. The zero-order valence-corrected chi connectivity index (χ0v) is 30.7. The Kier molecular flexibility index (Phi) is 9.18. The van der Waals surface area contributed by atoms with Gasteiger partial charge in [-0.05, 0) is 87.4 Å². The van der Waals surface area contributed by atoms with Crippen LogP contribution >= 0.6 is 11.3 Å². The van der Waals surface area contributed by atoms with Crippen LogP contribution in [0.3, 0.4) is 0 Å². The van der Waals surface area contributed by atoms with Gasteiger partial charge in [0.25, 0.3) is 11.5 Å². The zero-order chi connectivity index (χ0) is 36.1. The Hall–Kier alpha value is -4.85. The monoisotopic (exact) mass is 720 g/mol. The SMILES string of the molecule is C=CC(=O)Nc1cc(Nc2nc(-c3ccnc(N4CCc5c(sc6c5CCCC6)C4=O)c3C)cn(C)c2=O)ccc1N1CCN(C2COC2)C[C@@H]1C. The molecular formula is C39H44N8O4S. The van der Waals surface area contributed by atoms with Crippen molar-refractivity contribution in [3.05, 3.63) is 86.1 Å². The summed E-state index contributed by atoms with van der Waals surface area (Å²) in [6.45, 7) is 12.5. The lowest BCUT2D eigenvalue weighted by Crippen LogP contribution is -2.59. The number of pyridine rings is 1. The van der Waals surface area contributed by atoms with Crippen LogP contribution in [0.5, 0.6) is 0 Å². The number of hydrogen-bond acceptors (Lipinski definition) is 10. The molecule has 0 radical (unpaired) electrons. The van der Waals surface area contributed by atoms with E-state index in [1.54, 1.807) is 35.7 Å². The van der Waals surface area contributed by atoms with Crippen molar-refractivity contribution in [1.82, 2.24) is 19.4 Å². The minimum Gasteiger partial charge on any atom is -0.378 e. The lowest BCUT2D eigenvalue weighted by atomic mass is 9.92. The summed E-state index contributed by atoms with van der Waals surface area (Å²) in [5.74, 6) is 0.438. The Labute approximate surface area is 307 Å². The summed E-state index contributed by atoms with van der Waals surface area (Å²) in [4.78, 5) is 58.2. The maximum Gasteiger partial charge on any atom is 0.293 e. The molecule has 52 heavy (non-hydrogen) atoms. The highest BCUT2D eigenvalue weighted by Gasteiger charge is 2.35. The number of ether oxygens (including phenoxy) is 1. The molecule has 3 aliphatic heterocycles. The van der Waals surface area contributed by atoms with Crippen LogP contribution in [0.25, 0.3) is 11.3 Å². The number of carbonyl (C=O) groups excluding carboxylic acids is 2. The van der Waals surface area contributed by atoms with E-state index >= 15 is 0 Å². The van der Waals surface area contributed by atoms with Crippen molar-refractivity contribution in [3.8, 4) is 11.3 Å². The fourth-order valence-electron chi connectivity index (χ4n) is 8.00. The Morgan fingerprint density at radius 1 is 1.08 bits per heavy atom. The number of anilines is 5. The first-order valence-electron chi connectivity index (χ1n) is 18.1. The Morgan fingerprint density at radius 2 is 1.90 bits per heavy atom. The first-order valence-corrected chi connectivity index (χ1v) is 18.9. The van der Waals surface area contributed by atoms with Crippen LogP contribution in [0.4, 0.5) is 28.7 Å². The van der Waals surface area contributed by atoms with Crippen LogP contribution in [-0.4, -0.2) is 82.7 Å². The van der Waals surface area contributed by atoms with Gasteiger partial charge in [-0.15, -0.1) is 11.3 Å². The summed E-state index contributed by atoms with van der Waals surface area (Å²) in [7, 11) is 1.69. The molecule has 270 valence electrons. The number of benzene rings is 1. The summed E-state index contributed by atoms with van der Waals surface area (Å²) in [6, 6.07) is 8.26. The first-order chi connectivity index (χ1) is 25.2. The van der Waals surface area contributed by atoms with E-state index in [1.165, 1.54) is 39.5 Å². The molecule has 4 aliphatic rings. The molecule has 2 fully saturated rings. The molecule has 4 aromatic rings. The number of fused-ring (bicyclic) bond motifs is 3. The number of thiophene rings is 1. The minimum atomic E-state index is -0.321. The lowest BCUT2D eigenvalue weighted by molar-refractivity contribution is -0.111. The Morgan fingerprint density at radius 3 is 2.67 bits per heavy atom. The first kappa shape index (κ1) is 34.2. The average molecular weight is 721 g/mol. The summed E-state index contributed by atoms with van der Waals surface area (Å²) in [6.07, 6.45) is 9.98. The molecular weight excluding hydrogens is 677 g/mol. The lowest BCUT2D eigenvalue weighted by Gasteiger charge is -2.46. The fourth-order valence-corrected chi connectivity index (χ4v) is 9.39. The molecule has 0 bridgehead atoms. The third-order valence-electron chi connectivity index (χ3n) is 10.9. The predicted octanol–water partition coefficient (Wildman–Crippen LogP) is 5.07. The van der Waals surface area contributed by atoms with Crippen molar-refractivity contribution in [3.63, 3.8) is 0 Å². The number of nitrogens with zero attached hydrogens (tertiary/aromatic N) is 6. The van der Waals surface area contributed by atoms with E-state index in [0.29, 0.717) is 35.5 Å². The van der Waals surface area contributed by atoms with Crippen molar-refractivity contribution in [2.45, 2.75) is 58.0 Å². The Bertz CT molecular complexity index is 2140. The zero-order valence-electron chi connectivity index (χ0n) is 29.9. The normalized spacial score (nSPS) is 19.1. The van der Waals surface area contributed by atoms with E-state index in [0.717, 1.165) is 73.8 Å². The molecule has 6 heterocycles. The molecule has 0 spiro atoms. The van der Waals surface area contributed by atoms with Crippen LogP contribution in [0.1, 0.15) is 51.0 Å². The van der Waals surface area contributed by atoms with Gasteiger partial charge in [-0.25, -0.2) is 9.97 Å². The number of nitrogens with one attached hydrogen (secondary N) is 2.